The molecule has 2 aromatic heterocycles. The van der Waals surface area contributed by atoms with Crippen LogP contribution in [0.1, 0.15) is 0 Å². The van der Waals surface area contributed by atoms with Gasteiger partial charge in [-0.2, -0.15) is 0 Å². The molecule has 218 valence electrons. The van der Waals surface area contributed by atoms with Crippen molar-refractivity contribution in [3.63, 3.8) is 0 Å². The lowest BCUT2D eigenvalue weighted by Crippen LogP contribution is -2.58. The molecule has 0 aliphatic carbocycles. The van der Waals surface area contributed by atoms with Crippen molar-refractivity contribution in [3.05, 3.63) is 152 Å². The number of aromatic nitrogens is 2. The zero-order valence-corrected chi connectivity index (χ0v) is 26.9. The number of fused-ring (bicyclic) bond motifs is 10. The highest BCUT2D eigenvalue weighted by atomic mass is 32.2. The van der Waals surface area contributed by atoms with Gasteiger partial charge in [0.05, 0.1) is 22.1 Å². The molecular weight excluding hydrogens is 607 g/mol. The van der Waals surface area contributed by atoms with E-state index in [9.17, 15) is 0 Å². The molecule has 2 aliphatic heterocycles. The fraction of sp³-hybridized carbons (Fsp3) is 0. The maximum absolute atomic E-state index is 2.51. The van der Waals surface area contributed by atoms with Crippen molar-refractivity contribution < 1.29 is 0 Å². The fourth-order valence-electron chi connectivity index (χ4n) is 8.07. The van der Waals surface area contributed by atoms with E-state index in [2.05, 4.69) is 161 Å². The number of hydrogen-bond donors (Lipinski definition) is 0. The van der Waals surface area contributed by atoms with E-state index in [1.54, 1.807) is 0 Å². The average molecular weight is 633 g/mol. The standard InChI is InChI=1S/C42H25BN2S2/c1-3-12-26(13-4-1)44-34-18-9-7-16-28(34)30-22-32-40(24-36(30)44)46-38-20-11-21-39-42(38)43(32)33-23-31-29-17-8-10-19-35(29)45(27-14-5-2-6-15-27)37(31)25-41(33)47-39/h1-25H. The number of benzene rings is 7. The molecular formula is C42H25BN2S2. The molecule has 2 nitrogen and oxygen atoms in total. The molecule has 0 unspecified atom stereocenters. The van der Waals surface area contributed by atoms with Crippen LogP contribution in [0.15, 0.2) is 171 Å². The molecule has 4 heterocycles. The van der Waals surface area contributed by atoms with E-state index >= 15 is 0 Å². The first-order valence-corrected chi connectivity index (χ1v) is 17.7. The molecule has 0 amide bonds. The van der Waals surface area contributed by atoms with Crippen LogP contribution < -0.4 is 16.4 Å². The SMILES string of the molecule is c1ccc(-n2c3ccccc3c3cc4c(cc32)Sc2cccc3c2B4c2cc4c5ccccc5n(-c5ccccc5)c4cc2S3)cc1. The largest absolute Gasteiger partial charge is 0.309 e. The first kappa shape index (κ1) is 26.0. The summed E-state index contributed by atoms with van der Waals surface area (Å²) < 4.78 is 4.87. The van der Waals surface area contributed by atoms with Gasteiger partial charge in [0.2, 0.25) is 6.71 Å². The van der Waals surface area contributed by atoms with Gasteiger partial charge in [0.15, 0.2) is 0 Å². The van der Waals surface area contributed by atoms with Gasteiger partial charge in [-0.1, -0.05) is 125 Å². The lowest BCUT2D eigenvalue weighted by Gasteiger charge is -2.33. The van der Waals surface area contributed by atoms with E-state index in [4.69, 9.17) is 0 Å². The minimum atomic E-state index is 0.167. The fourth-order valence-corrected chi connectivity index (χ4v) is 10.5. The van der Waals surface area contributed by atoms with Crippen molar-refractivity contribution in [3.8, 4) is 11.4 Å². The smallest absolute Gasteiger partial charge is 0.247 e. The minimum absolute atomic E-state index is 0.167. The second-order valence-electron chi connectivity index (χ2n) is 12.5. The van der Waals surface area contributed by atoms with Gasteiger partial charge in [-0.3, -0.25) is 0 Å². The molecule has 47 heavy (non-hydrogen) atoms. The summed E-state index contributed by atoms with van der Waals surface area (Å²) in [6.07, 6.45) is 0. The van der Waals surface area contributed by atoms with Crippen molar-refractivity contribution in [1.82, 2.24) is 9.13 Å². The van der Waals surface area contributed by atoms with Gasteiger partial charge in [-0.05, 0) is 66.1 Å². The Morgan fingerprint density at radius 3 is 1.30 bits per heavy atom. The van der Waals surface area contributed by atoms with Gasteiger partial charge < -0.3 is 9.13 Å². The highest BCUT2D eigenvalue weighted by Gasteiger charge is 2.39. The molecule has 0 N–H and O–H groups in total. The third kappa shape index (κ3) is 3.61. The molecule has 7 aromatic carbocycles. The number of para-hydroxylation sites is 4. The van der Waals surface area contributed by atoms with Crippen LogP contribution in [0, 0.1) is 0 Å². The zero-order valence-electron chi connectivity index (χ0n) is 25.2. The Labute approximate surface area is 280 Å². The monoisotopic (exact) mass is 632 g/mol. The minimum Gasteiger partial charge on any atom is -0.309 e. The van der Waals surface area contributed by atoms with E-state index in [1.807, 2.05) is 23.5 Å². The van der Waals surface area contributed by atoms with Crippen LogP contribution in [0.25, 0.3) is 55.0 Å². The molecule has 0 radical (unpaired) electrons. The Bertz CT molecular complexity index is 2560. The van der Waals surface area contributed by atoms with E-state index in [1.165, 1.54) is 91.0 Å². The first-order valence-electron chi connectivity index (χ1n) is 16.1. The van der Waals surface area contributed by atoms with Gasteiger partial charge in [0.1, 0.15) is 0 Å². The van der Waals surface area contributed by atoms with E-state index < -0.39 is 0 Å². The third-order valence-corrected chi connectivity index (χ3v) is 12.3. The molecule has 5 heteroatoms. The highest BCUT2D eigenvalue weighted by molar-refractivity contribution is 8.01. The Hall–Kier alpha value is -5.10. The molecule has 0 saturated carbocycles. The summed E-state index contributed by atoms with van der Waals surface area (Å²) in [4.78, 5) is 5.42. The predicted molar refractivity (Wildman–Crippen MR) is 201 cm³/mol. The Balaban J connectivity index is 1.22. The van der Waals surface area contributed by atoms with E-state index in [-0.39, 0.29) is 6.71 Å². The average Bonchev–Trinajstić information content (AvgIpc) is 3.62. The van der Waals surface area contributed by atoms with E-state index in [0.717, 1.165) is 0 Å². The van der Waals surface area contributed by atoms with Crippen molar-refractivity contribution in [2.24, 2.45) is 0 Å². The second kappa shape index (κ2) is 9.71. The van der Waals surface area contributed by atoms with Gasteiger partial charge >= 0.3 is 0 Å². The summed E-state index contributed by atoms with van der Waals surface area (Å²) >= 11 is 3.86. The Morgan fingerprint density at radius 2 is 0.809 bits per heavy atom. The van der Waals surface area contributed by atoms with Crippen LogP contribution in [-0.4, -0.2) is 15.8 Å². The van der Waals surface area contributed by atoms with Gasteiger partial charge in [0, 0.05) is 52.5 Å². The lowest BCUT2D eigenvalue weighted by atomic mass is 9.36. The molecule has 0 atom stereocenters. The Kier molecular flexibility index (Phi) is 5.38. The zero-order chi connectivity index (χ0) is 30.6. The van der Waals surface area contributed by atoms with Crippen molar-refractivity contribution in [1.29, 1.82) is 0 Å². The number of nitrogens with zero attached hydrogens (tertiary/aromatic N) is 2. The predicted octanol–water partition coefficient (Wildman–Crippen LogP) is 9.33. The van der Waals surface area contributed by atoms with Gasteiger partial charge in [-0.15, -0.1) is 0 Å². The lowest BCUT2D eigenvalue weighted by molar-refractivity contribution is 1.17. The molecule has 2 aliphatic rings. The third-order valence-electron chi connectivity index (χ3n) is 10.0. The molecule has 11 rings (SSSR count). The first-order chi connectivity index (χ1) is 23.3. The summed E-state index contributed by atoms with van der Waals surface area (Å²) in [7, 11) is 0. The van der Waals surface area contributed by atoms with E-state index in [0.29, 0.717) is 0 Å². The summed E-state index contributed by atoms with van der Waals surface area (Å²) in [6.45, 7) is 0.167. The van der Waals surface area contributed by atoms with Crippen LogP contribution in [0.5, 0.6) is 0 Å². The van der Waals surface area contributed by atoms with Gasteiger partial charge in [-0.25, -0.2) is 0 Å². The van der Waals surface area contributed by atoms with Crippen LogP contribution in [0.2, 0.25) is 0 Å². The summed E-state index contributed by atoms with van der Waals surface area (Å²) in [5, 5.41) is 5.22. The van der Waals surface area contributed by atoms with Crippen LogP contribution >= 0.6 is 23.5 Å². The van der Waals surface area contributed by atoms with Crippen LogP contribution in [0.3, 0.4) is 0 Å². The van der Waals surface area contributed by atoms with Crippen LogP contribution in [-0.2, 0) is 0 Å². The summed E-state index contributed by atoms with van der Waals surface area (Å²) in [5.41, 5.74) is 11.7. The van der Waals surface area contributed by atoms with Crippen LogP contribution in [0.4, 0.5) is 0 Å². The van der Waals surface area contributed by atoms with Crippen molar-refractivity contribution >= 4 is 90.2 Å². The maximum Gasteiger partial charge on any atom is 0.247 e. The maximum atomic E-state index is 2.51. The second-order valence-corrected chi connectivity index (χ2v) is 14.7. The molecule has 0 saturated heterocycles. The topological polar surface area (TPSA) is 9.86 Å². The highest BCUT2D eigenvalue weighted by Crippen LogP contribution is 2.43. The van der Waals surface area contributed by atoms with Crippen molar-refractivity contribution in [2.75, 3.05) is 0 Å². The molecule has 0 bridgehead atoms. The Morgan fingerprint density at radius 1 is 0.362 bits per heavy atom. The summed E-state index contributed by atoms with van der Waals surface area (Å²) in [5.74, 6) is 0. The number of rotatable bonds is 2. The summed E-state index contributed by atoms with van der Waals surface area (Å²) in [6, 6.07) is 56.1. The normalized spacial score (nSPS) is 13.3. The molecule has 0 spiro atoms. The molecule has 0 fully saturated rings. The molecule has 9 aromatic rings. The number of hydrogen-bond acceptors (Lipinski definition) is 2. The van der Waals surface area contributed by atoms with Crippen molar-refractivity contribution in [2.45, 2.75) is 19.6 Å². The quantitative estimate of drug-likeness (QED) is 0.176. The van der Waals surface area contributed by atoms with Gasteiger partial charge in [0.25, 0.3) is 0 Å².